The van der Waals surface area contributed by atoms with Crippen LogP contribution in [-0.2, 0) is 35.2 Å². The van der Waals surface area contributed by atoms with Gasteiger partial charge in [0.15, 0.2) is 0 Å². The van der Waals surface area contributed by atoms with E-state index in [9.17, 15) is 33.9 Å². The van der Waals surface area contributed by atoms with Crippen LogP contribution >= 0.6 is 12.6 Å². The van der Waals surface area contributed by atoms with Crippen molar-refractivity contribution in [3.63, 3.8) is 0 Å². The maximum atomic E-state index is 12.9. The SMILES string of the molecule is NC(=O)CC(NC(=O)C(N)CS)C(=O)NC(CC(N)=O)C(=O)NC(Cc1c[nH]c2ccccc12)C(=O)O. The van der Waals surface area contributed by atoms with E-state index in [1.165, 1.54) is 0 Å². The number of rotatable bonds is 14. The molecule has 2 aromatic rings. The minimum absolute atomic E-state index is 0.0591. The molecular weight excluding hydrogens is 506 g/mol. The number of hydrogen-bond donors (Lipinski definition) is 9. The lowest BCUT2D eigenvalue weighted by atomic mass is 10.0. The second kappa shape index (κ2) is 13.3. The van der Waals surface area contributed by atoms with E-state index in [0.29, 0.717) is 5.56 Å². The summed E-state index contributed by atoms with van der Waals surface area (Å²) in [6.45, 7) is 0. The zero-order chi connectivity index (χ0) is 27.7. The first-order chi connectivity index (χ1) is 17.4. The molecule has 0 spiro atoms. The molecule has 11 N–H and O–H groups in total. The highest BCUT2D eigenvalue weighted by Crippen LogP contribution is 2.19. The first-order valence-corrected chi connectivity index (χ1v) is 11.7. The lowest BCUT2D eigenvalue weighted by Gasteiger charge is -2.24. The van der Waals surface area contributed by atoms with Gasteiger partial charge in [-0.25, -0.2) is 4.79 Å². The summed E-state index contributed by atoms with van der Waals surface area (Å²) in [5, 5.41) is 17.2. The van der Waals surface area contributed by atoms with Crippen LogP contribution in [-0.4, -0.2) is 75.5 Å². The van der Waals surface area contributed by atoms with Gasteiger partial charge in [0.25, 0.3) is 0 Å². The number of carboxylic acid groups (broad SMARTS) is 1. The number of aliphatic carboxylic acids is 1. The fourth-order valence-corrected chi connectivity index (χ4v) is 3.61. The van der Waals surface area contributed by atoms with Crippen molar-refractivity contribution in [2.75, 3.05) is 5.75 Å². The Kier molecular flexibility index (Phi) is 10.4. The number of hydrogen-bond acceptors (Lipinski definition) is 8. The molecule has 0 saturated heterocycles. The van der Waals surface area contributed by atoms with Crippen LogP contribution in [0.25, 0.3) is 10.9 Å². The number of aromatic amines is 1. The average molecular weight is 536 g/mol. The number of amides is 5. The molecule has 15 heteroatoms. The fourth-order valence-electron chi connectivity index (χ4n) is 3.45. The Morgan fingerprint density at radius 3 is 1.89 bits per heavy atom. The lowest BCUT2D eigenvalue weighted by Crippen LogP contribution is -2.58. The molecule has 1 heterocycles. The molecule has 37 heavy (non-hydrogen) atoms. The number of benzene rings is 1. The van der Waals surface area contributed by atoms with Crippen LogP contribution < -0.4 is 33.2 Å². The second-order valence-electron chi connectivity index (χ2n) is 8.22. The number of carbonyl (C=O) groups is 6. The predicted molar refractivity (Wildman–Crippen MR) is 135 cm³/mol. The third-order valence-corrected chi connectivity index (χ3v) is 5.72. The minimum Gasteiger partial charge on any atom is -0.480 e. The van der Waals surface area contributed by atoms with Gasteiger partial charge in [-0.1, -0.05) is 18.2 Å². The molecule has 4 unspecified atom stereocenters. The summed E-state index contributed by atoms with van der Waals surface area (Å²) in [5.41, 5.74) is 17.3. The second-order valence-corrected chi connectivity index (χ2v) is 8.58. The van der Waals surface area contributed by atoms with Crippen LogP contribution in [0.1, 0.15) is 18.4 Å². The maximum Gasteiger partial charge on any atom is 0.326 e. The van der Waals surface area contributed by atoms with E-state index in [-0.39, 0.29) is 12.2 Å². The highest BCUT2D eigenvalue weighted by Gasteiger charge is 2.32. The number of nitrogens with two attached hydrogens (primary N) is 3. The summed E-state index contributed by atoms with van der Waals surface area (Å²) in [6.07, 6.45) is 0.177. The smallest absolute Gasteiger partial charge is 0.326 e. The zero-order valence-electron chi connectivity index (χ0n) is 19.6. The number of H-pyrrole nitrogens is 1. The summed E-state index contributed by atoms with van der Waals surface area (Å²) in [7, 11) is 0. The average Bonchev–Trinajstić information content (AvgIpc) is 3.24. The molecule has 2 rings (SSSR count). The van der Waals surface area contributed by atoms with E-state index in [1.54, 1.807) is 30.5 Å². The molecule has 0 aliphatic heterocycles. The Hall–Kier alpha value is -4.11. The third kappa shape index (κ3) is 8.50. The number of carbonyl (C=O) groups excluding carboxylic acids is 5. The largest absolute Gasteiger partial charge is 0.480 e. The summed E-state index contributed by atoms with van der Waals surface area (Å²) in [4.78, 5) is 75.7. The topological polar surface area (TPSA) is 253 Å². The Balaban J connectivity index is 2.20. The Bertz CT molecular complexity index is 1190. The molecular formula is C22H29N7O7S. The number of primary amides is 2. The van der Waals surface area contributed by atoms with Crippen LogP contribution in [0.3, 0.4) is 0 Å². The predicted octanol–water partition coefficient (Wildman–Crippen LogP) is -2.74. The summed E-state index contributed by atoms with van der Waals surface area (Å²) in [6, 6.07) is 1.50. The van der Waals surface area contributed by atoms with Crippen molar-refractivity contribution in [1.29, 1.82) is 0 Å². The highest BCUT2D eigenvalue weighted by molar-refractivity contribution is 7.80. The number of fused-ring (bicyclic) bond motifs is 1. The summed E-state index contributed by atoms with van der Waals surface area (Å²) < 4.78 is 0. The number of aromatic nitrogens is 1. The van der Waals surface area contributed by atoms with Gasteiger partial charge in [-0.3, -0.25) is 24.0 Å². The highest BCUT2D eigenvalue weighted by atomic mass is 32.1. The molecule has 200 valence electrons. The van der Waals surface area contributed by atoms with Gasteiger partial charge in [0, 0.05) is 29.3 Å². The Labute approximate surface area is 216 Å². The van der Waals surface area contributed by atoms with E-state index in [2.05, 4.69) is 33.6 Å². The normalized spacial score (nSPS) is 14.1. The van der Waals surface area contributed by atoms with Gasteiger partial charge in [0.1, 0.15) is 18.1 Å². The van der Waals surface area contributed by atoms with Gasteiger partial charge in [0.05, 0.1) is 18.9 Å². The molecule has 0 aliphatic carbocycles. The van der Waals surface area contributed by atoms with Gasteiger partial charge in [-0.15, -0.1) is 0 Å². The van der Waals surface area contributed by atoms with Crippen molar-refractivity contribution in [2.24, 2.45) is 17.2 Å². The van der Waals surface area contributed by atoms with Gasteiger partial charge in [0.2, 0.25) is 29.5 Å². The van der Waals surface area contributed by atoms with E-state index < -0.39 is 72.5 Å². The fraction of sp³-hybridized carbons (Fsp3) is 0.364. The quantitative estimate of drug-likeness (QED) is 0.114. The van der Waals surface area contributed by atoms with E-state index in [0.717, 1.165) is 10.9 Å². The Morgan fingerprint density at radius 2 is 1.38 bits per heavy atom. The van der Waals surface area contributed by atoms with Crippen molar-refractivity contribution in [1.82, 2.24) is 20.9 Å². The molecule has 0 bridgehead atoms. The van der Waals surface area contributed by atoms with Crippen LogP contribution in [0.15, 0.2) is 30.5 Å². The third-order valence-electron chi connectivity index (χ3n) is 5.32. The van der Waals surface area contributed by atoms with Crippen molar-refractivity contribution >= 4 is 59.0 Å². The minimum atomic E-state index is -1.61. The van der Waals surface area contributed by atoms with Crippen molar-refractivity contribution < 1.29 is 33.9 Å². The van der Waals surface area contributed by atoms with Crippen molar-refractivity contribution in [3.05, 3.63) is 36.0 Å². The molecule has 4 atom stereocenters. The van der Waals surface area contributed by atoms with Crippen molar-refractivity contribution in [3.8, 4) is 0 Å². The van der Waals surface area contributed by atoms with Crippen LogP contribution in [0, 0.1) is 0 Å². The number of nitrogens with one attached hydrogen (secondary N) is 4. The van der Waals surface area contributed by atoms with Gasteiger partial charge in [-0.05, 0) is 11.6 Å². The zero-order valence-corrected chi connectivity index (χ0v) is 20.5. The van der Waals surface area contributed by atoms with Crippen molar-refractivity contribution in [2.45, 2.75) is 43.4 Å². The molecule has 0 radical (unpaired) electrons. The number of para-hydroxylation sites is 1. The molecule has 0 saturated carbocycles. The summed E-state index contributed by atoms with van der Waals surface area (Å²) >= 11 is 3.89. The van der Waals surface area contributed by atoms with Gasteiger partial charge >= 0.3 is 5.97 Å². The molecule has 0 aliphatic rings. The van der Waals surface area contributed by atoms with Gasteiger partial charge in [-0.2, -0.15) is 12.6 Å². The maximum absolute atomic E-state index is 12.9. The molecule has 5 amide bonds. The number of thiol groups is 1. The number of carboxylic acids is 1. The molecule has 1 aromatic heterocycles. The lowest BCUT2D eigenvalue weighted by molar-refractivity contribution is -0.142. The monoisotopic (exact) mass is 535 g/mol. The standard InChI is InChI=1S/C22H29N7O7S/c23-12(9-37)19(32)27-14(6-17(24)30)20(33)28-15(7-18(25)31)21(34)29-16(22(35)36)5-10-8-26-13-4-2-1-3-11(10)13/h1-4,8,12,14-16,26,37H,5-7,9,23H2,(H2,24,30)(H2,25,31)(H,27,32)(H,28,33)(H,29,34)(H,35,36). The Morgan fingerprint density at radius 1 is 0.865 bits per heavy atom. The molecule has 14 nitrogen and oxygen atoms in total. The van der Waals surface area contributed by atoms with E-state index >= 15 is 0 Å². The molecule has 0 fully saturated rings. The first-order valence-electron chi connectivity index (χ1n) is 11.0. The first kappa shape index (κ1) is 29.1. The van der Waals surface area contributed by atoms with E-state index in [4.69, 9.17) is 17.2 Å². The molecule has 1 aromatic carbocycles. The van der Waals surface area contributed by atoms with Crippen LogP contribution in [0.4, 0.5) is 0 Å². The van der Waals surface area contributed by atoms with Crippen LogP contribution in [0.2, 0.25) is 0 Å². The van der Waals surface area contributed by atoms with E-state index in [1.807, 2.05) is 0 Å². The summed E-state index contributed by atoms with van der Waals surface area (Å²) in [5.74, 6) is -6.20. The van der Waals surface area contributed by atoms with Gasteiger partial charge < -0.3 is 43.2 Å². The van der Waals surface area contributed by atoms with Crippen LogP contribution in [0.5, 0.6) is 0 Å².